The van der Waals surface area contributed by atoms with E-state index < -0.39 is 29.4 Å². The number of carbonyl (C=O) groups is 3. The molecular weight excluding hydrogens is 496 g/mol. The maximum atomic E-state index is 12.6. The first-order chi connectivity index (χ1) is 17.9. The number of fused-ring (bicyclic) bond motifs is 1. The number of hydrogen-bond acceptors (Lipinski definition) is 10. The third-order valence-corrected chi connectivity index (χ3v) is 5.37. The number of ether oxygens (including phenoxy) is 1. The number of benzene rings is 1. The number of quaternary nitrogens is 1. The number of nitrogens with two attached hydrogens (primary N) is 1. The van der Waals surface area contributed by atoms with Gasteiger partial charge in [-0.15, -0.1) is 0 Å². The molecule has 0 fully saturated rings. The van der Waals surface area contributed by atoms with Gasteiger partial charge in [0.25, 0.3) is 11.5 Å². The number of nitrogens with zero attached hydrogens (tertiary/aromatic N) is 4. The smallest absolute Gasteiger partial charge is 0.326 e. The number of likely N-dealkylation sites (N-methyl/N-ethyl adjacent to an activating group) is 1. The van der Waals surface area contributed by atoms with E-state index in [4.69, 9.17) is 10.5 Å². The molecule has 0 saturated carbocycles. The molecule has 2 aromatic heterocycles. The first-order valence-electron chi connectivity index (χ1n) is 11.8. The number of hydrogen-bond donors (Lipinski definition) is 5. The molecular formula is C24H31N8O6+. The van der Waals surface area contributed by atoms with E-state index in [9.17, 15) is 24.3 Å². The molecule has 1 aromatic carbocycles. The lowest BCUT2D eigenvalue weighted by atomic mass is 10.1. The molecule has 1 atom stereocenters. The van der Waals surface area contributed by atoms with Gasteiger partial charge < -0.3 is 30.7 Å². The monoisotopic (exact) mass is 527 g/mol. The topological polar surface area (TPSA) is 202 Å². The van der Waals surface area contributed by atoms with E-state index in [1.807, 2.05) is 21.1 Å². The Morgan fingerprint density at radius 1 is 1.16 bits per heavy atom. The van der Waals surface area contributed by atoms with Crippen LogP contribution in [0.25, 0.3) is 11.2 Å². The summed E-state index contributed by atoms with van der Waals surface area (Å²) in [7, 11) is 5.89. The minimum Gasteiger partial charge on any atom is -0.480 e. The number of nitrogens with one attached hydrogen (secondary N) is 3. The van der Waals surface area contributed by atoms with Crippen LogP contribution in [-0.2, 0) is 20.9 Å². The Morgan fingerprint density at radius 3 is 2.53 bits per heavy atom. The van der Waals surface area contributed by atoms with Gasteiger partial charge in [-0.05, 0) is 30.7 Å². The lowest BCUT2D eigenvalue weighted by Crippen LogP contribution is -2.41. The van der Waals surface area contributed by atoms with E-state index in [2.05, 4.69) is 30.6 Å². The minimum absolute atomic E-state index is 0.0463. The van der Waals surface area contributed by atoms with Crippen molar-refractivity contribution in [2.75, 3.05) is 45.3 Å². The zero-order valence-electron chi connectivity index (χ0n) is 21.4. The molecule has 0 bridgehead atoms. The highest BCUT2D eigenvalue weighted by Crippen LogP contribution is 2.12. The van der Waals surface area contributed by atoms with Crippen LogP contribution in [0, 0.1) is 0 Å². The zero-order valence-corrected chi connectivity index (χ0v) is 21.4. The van der Waals surface area contributed by atoms with Crippen molar-refractivity contribution in [3.05, 3.63) is 52.1 Å². The van der Waals surface area contributed by atoms with Crippen molar-refractivity contribution in [2.24, 2.45) is 0 Å². The van der Waals surface area contributed by atoms with Gasteiger partial charge in [-0.3, -0.25) is 19.4 Å². The van der Waals surface area contributed by atoms with Gasteiger partial charge in [-0.2, -0.15) is 4.98 Å². The van der Waals surface area contributed by atoms with E-state index in [0.717, 1.165) is 0 Å². The maximum Gasteiger partial charge on any atom is 0.326 e. The van der Waals surface area contributed by atoms with Gasteiger partial charge in [0, 0.05) is 17.7 Å². The normalized spacial score (nSPS) is 12.1. The number of H-pyrrole nitrogens is 1. The van der Waals surface area contributed by atoms with E-state index in [-0.39, 0.29) is 48.7 Å². The number of aromatic amines is 1. The second kappa shape index (κ2) is 12.1. The Labute approximate surface area is 217 Å². The number of nitrogen functional groups attached to an aromatic ring is 1. The fraction of sp³-hybridized carbons (Fsp3) is 0.375. The van der Waals surface area contributed by atoms with Crippen LogP contribution in [0.4, 0.5) is 11.6 Å². The van der Waals surface area contributed by atoms with Gasteiger partial charge in [0.05, 0.1) is 39.6 Å². The number of aliphatic carboxylic acids is 1. The van der Waals surface area contributed by atoms with E-state index in [1.165, 1.54) is 18.3 Å². The Hall–Kier alpha value is -4.59. The summed E-state index contributed by atoms with van der Waals surface area (Å²) in [4.78, 5) is 62.7. The summed E-state index contributed by atoms with van der Waals surface area (Å²) in [6, 6.07) is 5.09. The van der Waals surface area contributed by atoms with Gasteiger partial charge in [0.2, 0.25) is 5.95 Å². The molecule has 0 aliphatic rings. The molecule has 0 spiro atoms. The van der Waals surface area contributed by atoms with E-state index in [1.54, 1.807) is 12.1 Å². The zero-order chi connectivity index (χ0) is 27.9. The Morgan fingerprint density at radius 2 is 1.87 bits per heavy atom. The average Bonchev–Trinajstić information content (AvgIpc) is 2.84. The van der Waals surface area contributed by atoms with Crippen LogP contribution in [0.5, 0.6) is 0 Å². The first kappa shape index (κ1) is 28.0. The van der Waals surface area contributed by atoms with Crippen molar-refractivity contribution >= 4 is 40.6 Å². The Kier molecular flexibility index (Phi) is 8.91. The van der Waals surface area contributed by atoms with Crippen LogP contribution < -0.4 is 21.9 Å². The molecule has 0 radical (unpaired) electrons. The molecule has 1 amide bonds. The maximum absolute atomic E-state index is 12.6. The second-order valence-corrected chi connectivity index (χ2v) is 9.55. The van der Waals surface area contributed by atoms with Gasteiger partial charge in [-0.1, -0.05) is 0 Å². The van der Waals surface area contributed by atoms with Crippen LogP contribution >= 0.6 is 0 Å². The van der Waals surface area contributed by atoms with Crippen molar-refractivity contribution in [3.63, 3.8) is 0 Å². The molecule has 0 aliphatic carbocycles. The van der Waals surface area contributed by atoms with Gasteiger partial charge in [-0.25, -0.2) is 14.8 Å². The number of rotatable bonds is 12. The fourth-order valence-electron chi connectivity index (χ4n) is 3.25. The molecule has 2 heterocycles. The SMILES string of the molecule is C[N+](C)(C)CCOC(=O)CCC(NC(=O)c1ccc(NCc2cnc3nc(N)[nH]c(=O)c3n2)cc1)C(=O)O. The molecule has 3 rings (SSSR count). The summed E-state index contributed by atoms with van der Waals surface area (Å²) in [5.41, 5.74) is 6.60. The fourth-order valence-corrected chi connectivity index (χ4v) is 3.25. The van der Waals surface area contributed by atoms with Crippen LogP contribution in [0.3, 0.4) is 0 Å². The minimum atomic E-state index is -1.25. The highest BCUT2D eigenvalue weighted by molar-refractivity contribution is 5.97. The summed E-state index contributed by atoms with van der Waals surface area (Å²) in [6.45, 7) is 1.09. The van der Waals surface area contributed by atoms with E-state index in [0.29, 0.717) is 22.4 Å². The summed E-state index contributed by atoms with van der Waals surface area (Å²) in [5, 5.41) is 15.0. The second-order valence-electron chi connectivity index (χ2n) is 9.55. The molecule has 1 unspecified atom stereocenters. The van der Waals surface area contributed by atoms with Crippen LogP contribution in [0.1, 0.15) is 28.9 Å². The van der Waals surface area contributed by atoms with Gasteiger partial charge >= 0.3 is 11.9 Å². The molecule has 38 heavy (non-hydrogen) atoms. The first-order valence-corrected chi connectivity index (χ1v) is 11.8. The lowest BCUT2D eigenvalue weighted by molar-refractivity contribution is -0.870. The summed E-state index contributed by atoms with van der Waals surface area (Å²) >= 11 is 0. The number of carbonyl (C=O) groups excluding carboxylic acids is 2. The summed E-state index contributed by atoms with van der Waals surface area (Å²) < 4.78 is 5.76. The number of carboxylic acid groups (broad SMARTS) is 1. The Balaban J connectivity index is 1.52. The summed E-state index contributed by atoms with van der Waals surface area (Å²) in [6.07, 6.45) is 1.24. The number of anilines is 2. The predicted octanol–water partition coefficient (Wildman–Crippen LogP) is 0.120. The number of esters is 1. The third kappa shape index (κ3) is 8.23. The third-order valence-electron chi connectivity index (χ3n) is 5.37. The van der Waals surface area contributed by atoms with Crippen LogP contribution in [0.15, 0.2) is 35.3 Å². The lowest BCUT2D eigenvalue weighted by Gasteiger charge is -2.23. The quantitative estimate of drug-likeness (QED) is 0.158. The number of carboxylic acids is 1. The van der Waals surface area contributed by atoms with Crippen molar-refractivity contribution in [3.8, 4) is 0 Å². The standard InChI is InChI=1S/C24H30N8O6/c1-32(2,3)10-11-38-18(33)9-8-17(23(36)37)29-21(34)14-4-6-15(7-5-14)26-12-16-13-27-20-19(28-16)22(35)31-24(25)30-20/h4-7,13,17H,8-12H2,1-3H3,(H5-,25,26,27,29,30,31,34,35,36,37)/p+1. The molecule has 14 heteroatoms. The van der Waals surface area contributed by atoms with Gasteiger partial charge in [0.1, 0.15) is 19.2 Å². The Bertz CT molecular complexity index is 1370. The van der Waals surface area contributed by atoms with Gasteiger partial charge in [0.15, 0.2) is 11.2 Å². The van der Waals surface area contributed by atoms with Crippen molar-refractivity contribution < 1.29 is 28.7 Å². The average molecular weight is 528 g/mol. The number of amides is 1. The van der Waals surface area contributed by atoms with Crippen molar-refractivity contribution in [2.45, 2.75) is 25.4 Å². The van der Waals surface area contributed by atoms with Crippen LogP contribution in [-0.4, -0.2) is 87.7 Å². The van der Waals surface area contributed by atoms with Crippen LogP contribution in [0.2, 0.25) is 0 Å². The molecule has 6 N–H and O–H groups in total. The predicted molar refractivity (Wildman–Crippen MR) is 138 cm³/mol. The highest BCUT2D eigenvalue weighted by atomic mass is 16.5. The molecule has 0 saturated heterocycles. The number of aromatic nitrogens is 4. The summed E-state index contributed by atoms with van der Waals surface area (Å²) in [5.74, 6) is -2.40. The molecule has 202 valence electrons. The van der Waals surface area contributed by atoms with E-state index >= 15 is 0 Å². The molecule has 3 aromatic rings. The highest BCUT2D eigenvalue weighted by Gasteiger charge is 2.22. The molecule has 0 aliphatic heterocycles. The van der Waals surface area contributed by atoms with Crippen molar-refractivity contribution in [1.82, 2.24) is 25.3 Å². The largest absolute Gasteiger partial charge is 0.480 e. The van der Waals surface area contributed by atoms with Crippen molar-refractivity contribution in [1.29, 1.82) is 0 Å². The molecule has 14 nitrogen and oxygen atoms in total.